The Hall–Kier alpha value is -0.510. The van der Waals surface area contributed by atoms with E-state index in [1.807, 2.05) is 18.2 Å². The van der Waals surface area contributed by atoms with Crippen molar-refractivity contribution in [2.75, 3.05) is 11.9 Å². The highest BCUT2D eigenvalue weighted by Crippen LogP contribution is 2.25. The molecule has 0 spiro atoms. The van der Waals surface area contributed by atoms with Crippen LogP contribution in [0.4, 0.5) is 5.69 Å². The zero-order chi connectivity index (χ0) is 11.4. The van der Waals surface area contributed by atoms with Crippen molar-refractivity contribution in [2.45, 2.75) is 6.42 Å². The standard InChI is InChI=1S/C12H11BrClNS/c13-11-4-3-9(8-12(11)14)15-6-5-10-2-1-7-16-10/h1-4,7-8,15H,5-6H2. The van der Waals surface area contributed by atoms with E-state index in [1.54, 1.807) is 11.3 Å². The summed E-state index contributed by atoms with van der Waals surface area (Å²) >= 11 is 11.2. The molecule has 0 atom stereocenters. The summed E-state index contributed by atoms with van der Waals surface area (Å²) in [6.45, 7) is 0.929. The van der Waals surface area contributed by atoms with Gasteiger partial charge in [0.05, 0.1) is 5.02 Å². The van der Waals surface area contributed by atoms with Crippen LogP contribution in [0.2, 0.25) is 5.02 Å². The number of nitrogens with one attached hydrogen (secondary N) is 1. The highest BCUT2D eigenvalue weighted by molar-refractivity contribution is 9.10. The van der Waals surface area contributed by atoms with Crippen LogP contribution in [0.5, 0.6) is 0 Å². The van der Waals surface area contributed by atoms with Crippen molar-refractivity contribution in [3.63, 3.8) is 0 Å². The van der Waals surface area contributed by atoms with E-state index in [0.29, 0.717) is 0 Å². The number of hydrogen-bond donors (Lipinski definition) is 1. The Morgan fingerprint density at radius 1 is 1.31 bits per heavy atom. The summed E-state index contributed by atoms with van der Waals surface area (Å²) in [7, 11) is 0. The Balaban J connectivity index is 1.87. The SMILES string of the molecule is Clc1cc(NCCc2cccs2)ccc1Br. The Bertz CT molecular complexity index is 456. The van der Waals surface area contributed by atoms with Gasteiger partial charge in [-0.15, -0.1) is 11.3 Å². The van der Waals surface area contributed by atoms with Gasteiger partial charge < -0.3 is 5.32 Å². The Labute approximate surface area is 113 Å². The van der Waals surface area contributed by atoms with Crippen LogP contribution in [-0.2, 0) is 6.42 Å². The van der Waals surface area contributed by atoms with E-state index >= 15 is 0 Å². The molecule has 1 aromatic carbocycles. The van der Waals surface area contributed by atoms with Gasteiger partial charge in [0, 0.05) is 21.6 Å². The summed E-state index contributed by atoms with van der Waals surface area (Å²) < 4.78 is 0.929. The van der Waals surface area contributed by atoms with Crippen LogP contribution in [0.15, 0.2) is 40.2 Å². The van der Waals surface area contributed by atoms with Crippen LogP contribution in [0.3, 0.4) is 0 Å². The summed E-state index contributed by atoms with van der Waals surface area (Å²) in [6, 6.07) is 10.1. The topological polar surface area (TPSA) is 12.0 Å². The molecule has 1 heterocycles. The molecule has 1 nitrogen and oxygen atoms in total. The monoisotopic (exact) mass is 315 g/mol. The second-order valence-electron chi connectivity index (χ2n) is 3.39. The van der Waals surface area contributed by atoms with E-state index in [1.165, 1.54) is 4.88 Å². The fraction of sp³-hybridized carbons (Fsp3) is 0.167. The molecular formula is C12H11BrClNS. The van der Waals surface area contributed by atoms with Gasteiger partial charge in [0.2, 0.25) is 0 Å². The molecule has 0 fully saturated rings. The molecule has 0 amide bonds. The largest absolute Gasteiger partial charge is 0.385 e. The van der Waals surface area contributed by atoms with Crippen LogP contribution in [0.25, 0.3) is 0 Å². The van der Waals surface area contributed by atoms with Crippen molar-refractivity contribution < 1.29 is 0 Å². The fourth-order valence-electron chi connectivity index (χ4n) is 1.39. The predicted octanol–water partition coefficient (Wildman–Crippen LogP) is 4.82. The zero-order valence-corrected chi connectivity index (χ0v) is 11.7. The van der Waals surface area contributed by atoms with E-state index in [9.17, 15) is 0 Å². The summed E-state index contributed by atoms with van der Waals surface area (Å²) in [5.41, 5.74) is 1.06. The fourth-order valence-corrected chi connectivity index (χ4v) is 2.53. The van der Waals surface area contributed by atoms with Crippen LogP contribution in [0, 0.1) is 0 Å². The predicted molar refractivity (Wildman–Crippen MR) is 75.7 cm³/mol. The van der Waals surface area contributed by atoms with Crippen molar-refractivity contribution in [3.8, 4) is 0 Å². The lowest BCUT2D eigenvalue weighted by Gasteiger charge is -2.06. The highest BCUT2D eigenvalue weighted by atomic mass is 79.9. The van der Waals surface area contributed by atoms with E-state index in [4.69, 9.17) is 11.6 Å². The van der Waals surface area contributed by atoms with Crippen LogP contribution in [-0.4, -0.2) is 6.54 Å². The van der Waals surface area contributed by atoms with Gasteiger partial charge in [0.15, 0.2) is 0 Å². The van der Waals surface area contributed by atoms with Crippen LogP contribution in [0.1, 0.15) is 4.88 Å². The van der Waals surface area contributed by atoms with Gasteiger partial charge in [-0.2, -0.15) is 0 Å². The maximum absolute atomic E-state index is 6.01. The Morgan fingerprint density at radius 2 is 2.19 bits per heavy atom. The van der Waals surface area contributed by atoms with Gasteiger partial charge in [0.1, 0.15) is 0 Å². The van der Waals surface area contributed by atoms with Crippen LogP contribution >= 0.6 is 38.9 Å². The number of halogens is 2. The third-order valence-electron chi connectivity index (χ3n) is 2.20. The zero-order valence-electron chi connectivity index (χ0n) is 8.54. The van der Waals surface area contributed by atoms with E-state index in [2.05, 4.69) is 38.8 Å². The second kappa shape index (κ2) is 5.71. The van der Waals surface area contributed by atoms with Crippen molar-refractivity contribution in [1.82, 2.24) is 0 Å². The molecule has 16 heavy (non-hydrogen) atoms. The van der Waals surface area contributed by atoms with Gasteiger partial charge in [-0.1, -0.05) is 17.7 Å². The van der Waals surface area contributed by atoms with Crippen molar-refractivity contribution in [2.24, 2.45) is 0 Å². The number of rotatable bonds is 4. The van der Waals surface area contributed by atoms with Gasteiger partial charge >= 0.3 is 0 Å². The molecule has 0 saturated heterocycles. The van der Waals surface area contributed by atoms with E-state index in [-0.39, 0.29) is 0 Å². The quantitative estimate of drug-likeness (QED) is 0.853. The molecule has 2 aromatic rings. The van der Waals surface area contributed by atoms with Gasteiger partial charge in [0.25, 0.3) is 0 Å². The van der Waals surface area contributed by atoms with E-state index < -0.39 is 0 Å². The third kappa shape index (κ3) is 3.24. The molecule has 0 radical (unpaired) electrons. The number of benzene rings is 1. The third-order valence-corrected chi connectivity index (χ3v) is 4.37. The van der Waals surface area contributed by atoms with Crippen molar-refractivity contribution in [1.29, 1.82) is 0 Å². The minimum Gasteiger partial charge on any atom is -0.385 e. The van der Waals surface area contributed by atoms with Gasteiger partial charge in [-0.05, 0) is 52.0 Å². The molecule has 1 aromatic heterocycles. The van der Waals surface area contributed by atoms with Crippen molar-refractivity contribution >= 4 is 44.6 Å². The van der Waals surface area contributed by atoms with Crippen LogP contribution < -0.4 is 5.32 Å². The smallest absolute Gasteiger partial charge is 0.0568 e. The first-order valence-electron chi connectivity index (χ1n) is 4.97. The second-order valence-corrected chi connectivity index (χ2v) is 5.68. The molecule has 0 aliphatic heterocycles. The molecule has 1 N–H and O–H groups in total. The summed E-state index contributed by atoms with van der Waals surface area (Å²) in [5.74, 6) is 0. The first kappa shape index (κ1) is 12.0. The molecule has 0 aliphatic carbocycles. The first-order valence-corrected chi connectivity index (χ1v) is 7.02. The number of hydrogen-bond acceptors (Lipinski definition) is 2. The number of anilines is 1. The molecule has 0 bridgehead atoms. The number of thiophene rings is 1. The maximum Gasteiger partial charge on any atom is 0.0568 e. The van der Waals surface area contributed by atoms with Crippen molar-refractivity contribution in [3.05, 3.63) is 50.1 Å². The average Bonchev–Trinajstić information content (AvgIpc) is 2.76. The molecule has 0 unspecified atom stereocenters. The molecular weight excluding hydrogens is 306 g/mol. The first-order chi connectivity index (χ1) is 7.75. The molecule has 0 aliphatic rings. The normalized spacial score (nSPS) is 10.4. The molecule has 84 valence electrons. The minimum atomic E-state index is 0.737. The Kier molecular flexibility index (Phi) is 4.27. The lowest BCUT2D eigenvalue weighted by Crippen LogP contribution is -2.03. The lowest BCUT2D eigenvalue weighted by atomic mass is 10.3. The Morgan fingerprint density at radius 3 is 2.88 bits per heavy atom. The van der Waals surface area contributed by atoms with Gasteiger partial charge in [-0.3, -0.25) is 0 Å². The molecule has 2 rings (SSSR count). The molecule has 0 saturated carbocycles. The maximum atomic E-state index is 6.01. The van der Waals surface area contributed by atoms with E-state index in [0.717, 1.165) is 28.1 Å². The summed E-state index contributed by atoms with van der Waals surface area (Å²) in [6.07, 6.45) is 1.05. The van der Waals surface area contributed by atoms with Gasteiger partial charge in [-0.25, -0.2) is 0 Å². The lowest BCUT2D eigenvalue weighted by molar-refractivity contribution is 1.04. The highest BCUT2D eigenvalue weighted by Gasteiger charge is 1.99. The summed E-state index contributed by atoms with van der Waals surface area (Å²) in [5, 5.41) is 6.19. The molecule has 4 heteroatoms. The minimum absolute atomic E-state index is 0.737. The average molecular weight is 317 g/mol. The summed E-state index contributed by atoms with van der Waals surface area (Å²) in [4.78, 5) is 1.40.